The molecule has 0 spiro atoms. The van der Waals surface area contributed by atoms with Crippen molar-refractivity contribution in [1.82, 2.24) is 0 Å². The minimum Gasteiger partial charge on any atom is -0.487 e. The molecule has 0 aromatic heterocycles. The lowest BCUT2D eigenvalue weighted by atomic mass is 10.1. The number of halogens is 3. The van der Waals surface area contributed by atoms with E-state index in [4.69, 9.17) is 10.6 Å². The highest BCUT2D eigenvalue weighted by Crippen LogP contribution is 2.36. The molecule has 0 fully saturated rings. The molecular formula is C10H10F3NO2. The van der Waals surface area contributed by atoms with Gasteiger partial charge in [0, 0.05) is 6.42 Å². The van der Waals surface area contributed by atoms with Crippen LogP contribution in [0.25, 0.3) is 0 Å². The number of rotatable bonds is 2. The van der Waals surface area contributed by atoms with Gasteiger partial charge >= 0.3 is 6.18 Å². The van der Waals surface area contributed by atoms with Crippen molar-refractivity contribution < 1.29 is 22.7 Å². The van der Waals surface area contributed by atoms with Crippen molar-refractivity contribution in [2.45, 2.75) is 18.7 Å². The number of alkyl halides is 3. The lowest BCUT2D eigenvalue weighted by molar-refractivity contribution is -0.137. The molecule has 88 valence electrons. The van der Waals surface area contributed by atoms with E-state index in [0.717, 1.165) is 17.7 Å². The van der Waals surface area contributed by atoms with Crippen LogP contribution in [0.15, 0.2) is 18.2 Å². The molecule has 0 aliphatic carbocycles. The molecule has 2 rings (SSSR count). The van der Waals surface area contributed by atoms with E-state index in [-0.39, 0.29) is 18.5 Å². The predicted octanol–water partition coefficient (Wildman–Crippen LogP) is 1.90. The zero-order valence-corrected chi connectivity index (χ0v) is 8.25. The van der Waals surface area contributed by atoms with E-state index in [0.29, 0.717) is 6.42 Å². The monoisotopic (exact) mass is 233 g/mol. The first-order valence-corrected chi connectivity index (χ1v) is 4.69. The summed E-state index contributed by atoms with van der Waals surface area (Å²) >= 11 is 0. The molecule has 0 bridgehead atoms. The van der Waals surface area contributed by atoms with E-state index < -0.39 is 11.7 Å². The molecule has 1 unspecified atom stereocenters. The van der Waals surface area contributed by atoms with Crippen LogP contribution in [-0.4, -0.2) is 12.7 Å². The van der Waals surface area contributed by atoms with Crippen molar-refractivity contribution in [3.8, 4) is 5.75 Å². The third-order valence-electron chi connectivity index (χ3n) is 2.42. The summed E-state index contributed by atoms with van der Waals surface area (Å²) in [5.41, 5.74) is 0.0376. The summed E-state index contributed by atoms with van der Waals surface area (Å²) in [5.74, 6) is 5.14. The fourth-order valence-corrected chi connectivity index (χ4v) is 1.68. The van der Waals surface area contributed by atoms with Gasteiger partial charge < -0.3 is 9.57 Å². The number of hydrogen-bond donors (Lipinski definition) is 1. The summed E-state index contributed by atoms with van der Waals surface area (Å²) in [7, 11) is 0. The standard InChI is InChI=1S/C10H10F3NO2/c11-10(12,13)7-2-1-6-3-8(5-15-14)16-9(6)4-7/h1-2,4,8H,3,5,14H2. The van der Waals surface area contributed by atoms with E-state index >= 15 is 0 Å². The first-order chi connectivity index (χ1) is 7.50. The maximum atomic E-state index is 12.4. The highest BCUT2D eigenvalue weighted by atomic mass is 19.4. The van der Waals surface area contributed by atoms with Crippen LogP contribution in [0.2, 0.25) is 0 Å². The molecule has 1 aliphatic rings. The van der Waals surface area contributed by atoms with Gasteiger partial charge in [-0.2, -0.15) is 13.2 Å². The second-order valence-corrected chi connectivity index (χ2v) is 3.60. The van der Waals surface area contributed by atoms with Crippen LogP contribution < -0.4 is 10.6 Å². The maximum absolute atomic E-state index is 12.4. The van der Waals surface area contributed by atoms with Crippen molar-refractivity contribution in [2.75, 3.05) is 6.61 Å². The summed E-state index contributed by atoms with van der Waals surface area (Å²) in [6, 6.07) is 3.48. The van der Waals surface area contributed by atoms with Gasteiger partial charge in [-0.1, -0.05) is 6.07 Å². The van der Waals surface area contributed by atoms with Crippen molar-refractivity contribution in [1.29, 1.82) is 0 Å². The van der Waals surface area contributed by atoms with E-state index in [1.807, 2.05) is 0 Å². The molecule has 0 amide bonds. The van der Waals surface area contributed by atoms with Crippen LogP contribution in [0.3, 0.4) is 0 Å². The molecule has 1 aromatic rings. The Bertz CT molecular complexity index is 392. The topological polar surface area (TPSA) is 44.5 Å². The smallest absolute Gasteiger partial charge is 0.416 e. The van der Waals surface area contributed by atoms with Crippen LogP contribution in [0.4, 0.5) is 13.2 Å². The van der Waals surface area contributed by atoms with Crippen molar-refractivity contribution in [3.63, 3.8) is 0 Å². The van der Waals surface area contributed by atoms with E-state index in [1.165, 1.54) is 6.07 Å². The zero-order chi connectivity index (χ0) is 11.8. The van der Waals surface area contributed by atoms with Gasteiger partial charge in [0.05, 0.1) is 5.56 Å². The lowest BCUT2D eigenvalue weighted by Crippen LogP contribution is -2.22. The highest BCUT2D eigenvalue weighted by Gasteiger charge is 2.33. The average molecular weight is 233 g/mol. The van der Waals surface area contributed by atoms with Crippen LogP contribution in [0.1, 0.15) is 11.1 Å². The van der Waals surface area contributed by atoms with Gasteiger partial charge in [-0.05, 0) is 17.7 Å². The number of benzene rings is 1. The van der Waals surface area contributed by atoms with Gasteiger partial charge in [-0.25, -0.2) is 5.90 Å². The highest BCUT2D eigenvalue weighted by molar-refractivity contribution is 5.41. The molecule has 0 saturated carbocycles. The van der Waals surface area contributed by atoms with Crippen LogP contribution in [0.5, 0.6) is 5.75 Å². The second-order valence-electron chi connectivity index (χ2n) is 3.60. The quantitative estimate of drug-likeness (QED) is 0.793. The molecule has 1 atom stereocenters. The molecule has 1 heterocycles. The molecule has 0 saturated heterocycles. The van der Waals surface area contributed by atoms with Crippen molar-refractivity contribution in [2.24, 2.45) is 5.90 Å². The Morgan fingerprint density at radius 2 is 2.19 bits per heavy atom. The summed E-state index contributed by atoms with van der Waals surface area (Å²) in [4.78, 5) is 4.41. The minimum atomic E-state index is -4.35. The molecule has 0 radical (unpaired) electrons. The Kier molecular flexibility index (Phi) is 2.77. The zero-order valence-electron chi connectivity index (χ0n) is 8.25. The van der Waals surface area contributed by atoms with E-state index in [1.54, 1.807) is 0 Å². The van der Waals surface area contributed by atoms with E-state index in [9.17, 15) is 13.2 Å². The second kappa shape index (κ2) is 3.95. The van der Waals surface area contributed by atoms with Crippen LogP contribution in [-0.2, 0) is 17.4 Å². The third kappa shape index (κ3) is 2.12. The largest absolute Gasteiger partial charge is 0.487 e. The first kappa shape index (κ1) is 11.2. The average Bonchev–Trinajstić information content (AvgIpc) is 2.57. The summed E-state index contributed by atoms with van der Waals surface area (Å²) in [6.07, 6.45) is -4.13. The molecule has 1 aromatic carbocycles. The van der Waals surface area contributed by atoms with Crippen molar-refractivity contribution >= 4 is 0 Å². The Morgan fingerprint density at radius 1 is 1.44 bits per heavy atom. The fraction of sp³-hybridized carbons (Fsp3) is 0.400. The van der Waals surface area contributed by atoms with E-state index in [2.05, 4.69) is 4.84 Å². The number of fused-ring (bicyclic) bond motifs is 1. The minimum absolute atomic E-state index is 0.163. The van der Waals surface area contributed by atoms with Gasteiger partial charge in [0.25, 0.3) is 0 Å². The summed E-state index contributed by atoms with van der Waals surface area (Å²) in [6.45, 7) is 0.163. The Hall–Kier alpha value is -1.27. The van der Waals surface area contributed by atoms with Gasteiger partial charge in [-0.15, -0.1) is 0 Å². The van der Waals surface area contributed by atoms with Crippen LogP contribution >= 0.6 is 0 Å². The number of ether oxygens (including phenoxy) is 1. The molecule has 16 heavy (non-hydrogen) atoms. The molecule has 6 heteroatoms. The Balaban J connectivity index is 2.21. The van der Waals surface area contributed by atoms with Crippen LogP contribution in [0, 0.1) is 0 Å². The van der Waals surface area contributed by atoms with Gasteiger partial charge in [-0.3, -0.25) is 0 Å². The van der Waals surface area contributed by atoms with Gasteiger partial charge in [0.15, 0.2) is 0 Å². The summed E-state index contributed by atoms with van der Waals surface area (Å²) in [5, 5.41) is 0. The van der Waals surface area contributed by atoms with Crippen molar-refractivity contribution in [3.05, 3.63) is 29.3 Å². The molecular weight excluding hydrogens is 223 g/mol. The molecule has 2 N–H and O–H groups in total. The molecule has 1 aliphatic heterocycles. The molecule has 3 nitrogen and oxygen atoms in total. The van der Waals surface area contributed by atoms with Gasteiger partial charge in [0.1, 0.15) is 18.5 Å². The Labute approximate surface area is 89.9 Å². The van der Waals surface area contributed by atoms with Gasteiger partial charge in [0.2, 0.25) is 0 Å². The lowest BCUT2D eigenvalue weighted by Gasteiger charge is -2.09. The maximum Gasteiger partial charge on any atom is 0.416 e. The fourth-order valence-electron chi connectivity index (χ4n) is 1.68. The third-order valence-corrected chi connectivity index (χ3v) is 2.42. The number of hydrogen-bond acceptors (Lipinski definition) is 3. The first-order valence-electron chi connectivity index (χ1n) is 4.69. The summed E-state index contributed by atoms with van der Waals surface area (Å²) < 4.78 is 42.5. The predicted molar refractivity (Wildman–Crippen MR) is 49.7 cm³/mol. The normalized spacial score (nSPS) is 19.4. The Morgan fingerprint density at radius 3 is 2.81 bits per heavy atom. The number of nitrogens with two attached hydrogens (primary N) is 1. The SMILES string of the molecule is NOCC1Cc2ccc(C(F)(F)F)cc2O1.